The molecule has 0 aliphatic rings. The Morgan fingerprint density at radius 1 is 1.19 bits per heavy atom. The number of aromatic nitrogens is 3. The molecule has 92 valence electrons. The molecule has 0 saturated heterocycles. The highest BCUT2D eigenvalue weighted by Gasteiger charge is 2.62. The molecule has 0 N–H and O–H groups in total. The van der Waals surface area contributed by atoms with E-state index in [1.165, 1.54) is 13.8 Å². The summed E-state index contributed by atoms with van der Waals surface area (Å²) in [5, 5.41) is 5.22. The van der Waals surface area contributed by atoms with Crippen molar-refractivity contribution in [1.29, 1.82) is 0 Å². The summed E-state index contributed by atoms with van der Waals surface area (Å²) in [6, 6.07) is -0.705. The van der Waals surface area contributed by atoms with Crippen molar-refractivity contribution in [3.8, 4) is 0 Å². The number of nitrogens with zero attached hydrogens (tertiary/aromatic N) is 3. The molecule has 3 nitrogen and oxygen atoms in total. The minimum absolute atomic E-state index is 0.454. The fraction of sp³-hybridized carbons (Fsp3) is 0.714. The van der Waals surface area contributed by atoms with Gasteiger partial charge < -0.3 is 0 Å². The molecule has 9 heteroatoms. The van der Waals surface area contributed by atoms with Gasteiger partial charge in [-0.15, -0.1) is 5.10 Å². The molecule has 0 aliphatic heterocycles. The fourth-order valence-corrected chi connectivity index (χ4v) is 1.28. The summed E-state index contributed by atoms with van der Waals surface area (Å²) in [6.45, 7) is 2.78. The van der Waals surface area contributed by atoms with E-state index in [-0.39, 0.29) is 0 Å². The average molecular weight is 264 g/mol. The highest BCUT2D eigenvalue weighted by Crippen LogP contribution is 2.46. The lowest BCUT2D eigenvalue weighted by atomic mass is 10.2. The van der Waals surface area contributed by atoms with Gasteiger partial charge in [0.1, 0.15) is 0 Å². The van der Waals surface area contributed by atoms with Crippen LogP contribution in [0.3, 0.4) is 0 Å². The van der Waals surface area contributed by atoms with Gasteiger partial charge in [-0.05, 0) is 13.8 Å². The lowest BCUT2D eigenvalue weighted by Crippen LogP contribution is -2.36. The standard InChI is InChI=1S/C7H7ClF5N3/c1-3(2)16-4(5(8)14-15-16)6(9,10)7(11,12)13/h3H,1-2H3. The van der Waals surface area contributed by atoms with Crippen molar-refractivity contribution in [2.45, 2.75) is 32.0 Å². The Kier molecular flexibility index (Phi) is 3.15. The van der Waals surface area contributed by atoms with Gasteiger partial charge in [0.25, 0.3) is 0 Å². The van der Waals surface area contributed by atoms with Crippen LogP contribution in [-0.2, 0) is 5.92 Å². The summed E-state index contributed by atoms with van der Waals surface area (Å²) in [5.74, 6) is -5.07. The predicted molar refractivity (Wildman–Crippen MR) is 45.4 cm³/mol. The fourth-order valence-electron chi connectivity index (χ4n) is 1.04. The summed E-state index contributed by atoms with van der Waals surface area (Å²) in [5.41, 5.74) is -1.43. The SMILES string of the molecule is CC(C)n1nnc(Cl)c1C(F)(F)C(F)(F)F. The lowest BCUT2D eigenvalue weighted by molar-refractivity contribution is -0.292. The largest absolute Gasteiger partial charge is 0.459 e. The molecule has 1 heterocycles. The summed E-state index contributed by atoms with van der Waals surface area (Å²) in [7, 11) is 0. The van der Waals surface area contributed by atoms with Crippen LogP contribution in [-0.4, -0.2) is 21.2 Å². The second-order valence-corrected chi connectivity index (χ2v) is 3.70. The van der Waals surface area contributed by atoms with Crippen LogP contribution in [0, 0.1) is 0 Å². The Morgan fingerprint density at radius 3 is 2.06 bits per heavy atom. The number of hydrogen-bond donors (Lipinski definition) is 0. The van der Waals surface area contributed by atoms with Gasteiger partial charge in [-0.25, -0.2) is 4.68 Å². The van der Waals surface area contributed by atoms with E-state index in [1.807, 2.05) is 0 Å². The molecule has 16 heavy (non-hydrogen) atoms. The smallest absolute Gasteiger partial charge is 0.239 e. The Labute approximate surface area is 92.2 Å². The van der Waals surface area contributed by atoms with Gasteiger partial charge in [0.15, 0.2) is 10.8 Å². The zero-order chi connectivity index (χ0) is 12.7. The summed E-state index contributed by atoms with van der Waals surface area (Å²) < 4.78 is 63.0. The van der Waals surface area contributed by atoms with Crippen molar-refractivity contribution in [2.75, 3.05) is 0 Å². The summed E-state index contributed by atoms with van der Waals surface area (Å²) in [6.07, 6.45) is -5.73. The minimum atomic E-state index is -5.73. The van der Waals surface area contributed by atoms with Gasteiger partial charge >= 0.3 is 12.1 Å². The monoisotopic (exact) mass is 263 g/mol. The summed E-state index contributed by atoms with van der Waals surface area (Å²) in [4.78, 5) is 0. The van der Waals surface area contributed by atoms with E-state index in [0.717, 1.165) is 0 Å². The van der Waals surface area contributed by atoms with E-state index in [9.17, 15) is 22.0 Å². The minimum Gasteiger partial charge on any atom is -0.239 e. The van der Waals surface area contributed by atoms with E-state index in [1.54, 1.807) is 0 Å². The number of hydrogen-bond acceptors (Lipinski definition) is 2. The Morgan fingerprint density at radius 2 is 1.69 bits per heavy atom. The third-order valence-corrected chi connectivity index (χ3v) is 2.05. The average Bonchev–Trinajstić information content (AvgIpc) is 2.45. The molecule has 0 amide bonds. The molecule has 0 saturated carbocycles. The number of halogens is 6. The molecule has 0 radical (unpaired) electrons. The molecule has 0 aromatic carbocycles. The quantitative estimate of drug-likeness (QED) is 0.768. The van der Waals surface area contributed by atoms with Crippen molar-refractivity contribution < 1.29 is 22.0 Å². The van der Waals surface area contributed by atoms with Gasteiger partial charge in [0.2, 0.25) is 0 Å². The molecule has 0 unspecified atom stereocenters. The van der Waals surface area contributed by atoms with Gasteiger partial charge in [-0.3, -0.25) is 0 Å². The second kappa shape index (κ2) is 3.83. The number of alkyl halides is 5. The van der Waals surface area contributed by atoms with Crippen LogP contribution in [0.5, 0.6) is 0 Å². The molecule has 1 aromatic rings. The van der Waals surface area contributed by atoms with E-state index in [2.05, 4.69) is 10.3 Å². The Bertz CT molecular complexity index is 384. The van der Waals surface area contributed by atoms with Gasteiger partial charge in [0, 0.05) is 6.04 Å². The first-order valence-corrected chi connectivity index (χ1v) is 4.52. The molecular weight excluding hydrogens is 257 g/mol. The topological polar surface area (TPSA) is 30.7 Å². The van der Waals surface area contributed by atoms with E-state index < -0.39 is 29.0 Å². The van der Waals surface area contributed by atoms with E-state index >= 15 is 0 Å². The molecular formula is C7H7ClF5N3. The van der Waals surface area contributed by atoms with Crippen molar-refractivity contribution in [2.24, 2.45) is 0 Å². The molecule has 1 aromatic heterocycles. The molecule has 0 bridgehead atoms. The van der Waals surface area contributed by atoms with Crippen LogP contribution in [0.1, 0.15) is 25.6 Å². The Hall–Kier alpha value is -0.920. The summed E-state index contributed by atoms with van der Waals surface area (Å²) >= 11 is 5.21. The van der Waals surface area contributed by atoms with Gasteiger partial charge in [0.05, 0.1) is 0 Å². The van der Waals surface area contributed by atoms with E-state index in [0.29, 0.717) is 4.68 Å². The van der Waals surface area contributed by atoms with Crippen molar-refractivity contribution in [3.63, 3.8) is 0 Å². The Balaban J connectivity index is 3.37. The normalized spacial score (nSPS) is 13.6. The third-order valence-electron chi connectivity index (χ3n) is 1.80. The van der Waals surface area contributed by atoms with Gasteiger partial charge in [-0.2, -0.15) is 22.0 Å². The highest BCUT2D eigenvalue weighted by atomic mass is 35.5. The maximum absolute atomic E-state index is 13.1. The van der Waals surface area contributed by atoms with Crippen LogP contribution in [0.25, 0.3) is 0 Å². The predicted octanol–water partition coefficient (Wildman–Crippen LogP) is 3.17. The van der Waals surface area contributed by atoms with Crippen LogP contribution in [0.4, 0.5) is 22.0 Å². The van der Waals surface area contributed by atoms with Crippen LogP contribution < -0.4 is 0 Å². The van der Waals surface area contributed by atoms with Crippen molar-refractivity contribution in [1.82, 2.24) is 15.0 Å². The molecule has 0 fully saturated rings. The maximum Gasteiger partial charge on any atom is 0.459 e. The first-order valence-electron chi connectivity index (χ1n) is 4.14. The second-order valence-electron chi connectivity index (χ2n) is 3.34. The molecule has 1 rings (SSSR count). The zero-order valence-electron chi connectivity index (χ0n) is 8.19. The number of rotatable bonds is 2. The van der Waals surface area contributed by atoms with Crippen molar-refractivity contribution >= 4 is 11.6 Å². The third kappa shape index (κ3) is 1.98. The molecule has 0 spiro atoms. The zero-order valence-corrected chi connectivity index (χ0v) is 8.94. The first-order chi connectivity index (χ1) is 7.09. The molecule has 0 aliphatic carbocycles. The van der Waals surface area contributed by atoms with Crippen LogP contribution in [0.15, 0.2) is 0 Å². The van der Waals surface area contributed by atoms with Crippen molar-refractivity contribution in [3.05, 3.63) is 10.8 Å². The molecule has 0 atom stereocenters. The van der Waals surface area contributed by atoms with Crippen LogP contribution >= 0.6 is 11.6 Å². The van der Waals surface area contributed by atoms with E-state index in [4.69, 9.17) is 11.6 Å². The lowest BCUT2D eigenvalue weighted by Gasteiger charge is -2.21. The van der Waals surface area contributed by atoms with Crippen LogP contribution in [0.2, 0.25) is 5.15 Å². The first kappa shape index (κ1) is 13.1. The van der Waals surface area contributed by atoms with Gasteiger partial charge in [-0.1, -0.05) is 16.8 Å². The highest BCUT2D eigenvalue weighted by molar-refractivity contribution is 6.30. The maximum atomic E-state index is 13.1.